The summed E-state index contributed by atoms with van der Waals surface area (Å²) in [7, 11) is 1.50. The molecule has 0 spiro atoms. The zero-order valence-electron chi connectivity index (χ0n) is 10.7. The molecule has 6 heteroatoms. The van der Waals surface area contributed by atoms with Crippen LogP contribution in [0, 0.1) is 12.3 Å². The predicted molar refractivity (Wildman–Crippen MR) is 72.0 cm³/mol. The number of imide groups is 1. The highest BCUT2D eigenvalue weighted by Crippen LogP contribution is 2.28. The molecule has 2 rings (SSSR count). The Balaban J connectivity index is 2.26. The largest absolute Gasteiger partial charge is 0.493 e. The van der Waals surface area contributed by atoms with E-state index in [0.717, 1.165) is 0 Å². The Kier molecular flexibility index (Phi) is 3.91. The number of benzene rings is 1. The van der Waals surface area contributed by atoms with Crippen molar-refractivity contribution in [2.45, 2.75) is 0 Å². The molecule has 20 heavy (non-hydrogen) atoms. The Morgan fingerprint density at radius 3 is 2.70 bits per heavy atom. The third-order valence-corrected chi connectivity index (χ3v) is 2.53. The molecule has 2 N–H and O–H groups in total. The van der Waals surface area contributed by atoms with Gasteiger partial charge in [0.05, 0.1) is 7.11 Å². The number of urea groups is 1. The van der Waals surface area contributed by atoms with E-state index >= 15 is 0 Å². The van der Waals surface area contributed by atoms with Gasteiger partial charge in [-0.15, -0.1) is 6.42 Å². The van der Waals surface area contributed by atoms with Crippen LogP contribution in [0.15, 0.2) is 23.9 Å². The molecule has 102 valence electrons. The Hall–Kier alpha value is -2.94. The first kappa shape index (κ1) is 13.5. The topological polar surface area (TPSA) is 76.7 Å². The summed E-state index contributed by atoms with van der Waals surface area (Å²) < 4.78 is 10.5. The second-order valence-corrected chi connectivity index (χ2v) is 3.87. The van der Waals surface area contributed by atoms with Crippen LogP contribution in [0.4, 0.5) is 4.79 Å². The Labute approximate surface area is 115 Å². The molecule has 6 nitrogen and oxygen atoms in total. The monoisotopic (exact) mass is 272 g/mol. The van der Waals surface area contributed by atoms with E-state index in [1.165, 1.54) is 13.2 Å². The second-order valence-electron chi connectivity index (χ2n) is 3.87. The molecule has 1 aliphatic heterocycles. The molecule has 0 unspecified atom stereocenters. The van der Waals surface area contributed by atoms with Crippen LogP contribution in [0.25, 0.3) is 6.08 Å². The van der Waals surface area contributed by atoms with Gasteiger partial charge in [0.25, 0.3) is 5.91 Å². The van der Waals surface area contributed by atoms with Gasteiger partial charge in [0.2, 0.25) is 0 Å². The number of hydrogen-bond acceptors (Lipinski definition) is 4. The summed E-state index contributed by atoms with van der Waals surface area (Å²) in [4.78, 5) is 22.4. The predicted octanol–water partition coefficient (Wildman–Crippen LogP) is 0.888. The van der Waals surface area contributed by atoms with Crippen molar-refractivity contribution >= 4 is 18.0 Å². The highest BCUT2D eigenvalue weighted by atomic mass is 16.5. The van der Waals surface area contributed by atoms with E-state index in [4.69, 9.17) is 15.9 Å². The van der Waals surface area contributed by atoms with E-state index in [0.29, 0.717) is 17.1 Å². The number of nitrogens with one attached hydrogen (secondary N) is 2. The summed E-state index contributed by atoms with van der Waals surface area (Å²) in [5, 5.41) is 4.52. The molecular weight excluding hydrogens is 260 g/mol. The number of amides is 3. The van der Waals surface area contributed by atoms with Gasteiger partial charge in [0, 0.05) is 0 Å². The number of carbonyl (C=O) groups is 2. The highest BCUT2D eigenvalue weighted by Gasteiger charge is 2.22. The molecule has 0 aliphatic carbocycles. The van der Waals surface area contributed by atoms with Crippen molar-refractivity contribution in [3.05, 3.63) is 29.5 Å². The smallest absolute Gasteiger partial charge is 0.326 e. The van der Waals surface area contributed by atoms with Gasteiger partial charge in [0.1, 0.15) is 12.3 Å². The number of carbonyl (C=O) groups excluding carboxylic acids is 2. The van der Waals surface area contributed by atoms with Crippen molar-refractivity contribution in [2.75, 3.05) is 13.7 Å². The third-order valence-electron chi connectivity index (χ3n) is 2.53. The van der Waals surface area contributed by atoms with Gasteiger partial charge in [0.15, 0.2) is 11.5 Å². The van der Waals surface area contributed by atoms with Gasteiger partial charge in [-0.2, -0.15) is 0 Å². The van der Waals surface area contributed by atoms with Gasteiger partial charge in [-0.05, 0) is 23.8 Å². The fourth-order valence-electron chi connectivity index (χ4n) is 1.66. The molecule has 3 amide bonds. The summed E-state index contributed by atoms with van der Waals surface area (Å²) in [5.74, 6) is 2.88. The fraction of sp³-hybridized carbons (Fsp3) is 0.143. The van der Waals surface area contributed by atoms with Crippen LogP contribution >= 0.6 is 0 Å². The molecule has 1 aromatic rings. The SMILES string of the molecule is C#CCOc1ccc(/C=C2\NC(=O)NC2=O)cc1OC. The molecule has 0 saturated carbocycles. The minimum absolute atomic E-state index is 0.134. The highest BCUT2D eigenvalue weighted by molar-refractivity contribution is 6.13. The number of terminal acetylenes is 1. The first-order chi connectivity index (χ1) is 9.63. The molecule has 0 radical (unpaired) electrons. The first-order valence-corrected chi connectivity index (χ1v) is 5.72. The molecule has 1 heterocycles. The average molecular weight is 272 g/mol. The number of rotatable bonds is 4. The van der Waals surface area contributed by atoms with E-state index < -0.39 is 11.9 Å². The first-order valence-electron chi connectivity index (χ1n) is 5.72. The van der Waals surface area contributed by atoms with Crippen molar-refractivity contribution in [2.24, 2.45) is 0 Å². The van der Waals surface area contributed by atoms with E-state index in [9.17, 15) is 9.59 Å². The van der Waals surface area contributed by atoms with Crippen LogP contribution in [0.2, 0.25) is 0 Å². The van der Waals surface area contributed by atoms with Crippen molar-refractivity contribution in [3.8, 4) is 23.8 Å². The quantitative estimate of drug-likeness (QED) is 0.485. The summed E-state index contributed by atoms with van der Waals surface area (Å²) >= 11 is 0. The van der Waals surface area contributed by atoms with E-state index in [2.05, 4.69) is 16.6 Å². The Bertz CT molecular complexity index is 629. The lowest BCUT2D eigenvalue weighted by molar-refractivity contribution is -0.115. The van der Waals surface area contributed by atoms with Crippen LogP contribution in [0.1, 0.15) is 5.56 Å². The maximum absolute atomic E-state index is 11.4. The molecular formula is C14H12N2O4. The molecule has 0 aromatic heterocycles. The Morgan fingerprint density at radius 2 is 2.10 bits per heavy atom. The van der Waals surface area contributed by atoms with Gasteiger partial charge in [-0.3, -0.25) is 10.1 Å². The number of hydrogen-bond donors (Lipinski definition) is 2. The van der Waals surface area contributed by atoms with Crippen LogP contribution in [0.5, 0.6) is 11.5 Å². The molecule has 1 saturated heterocycles. The lowest BCUT2D eigenvalue weighted by Gasteiger charge is -2.09. The van der Waals surface area contributed by atoms with Gasteiger partial charge in [-0.25, -0.2) is 4.79 Å². The summed E-state index contributed by atoms with van der Waals surface area (Å²) in [6.45, 7) is 0.134. The van der Waals surface area contributed by atoms with Gasteiger partial charge in [-0.1, -0.05) is 12.0 Å². The van der Waals surface area contributed by atoms with Gasteiger partial charge < -0.3 is 14.8 Å². The second kappa shape index (κ2) is 5.80. The fourth-order valence-corrected chi connectivity index (χ4v) is 1.66. The van der Waals surface area contributed by atoms with Crippen LogP contribution in [-0.2, 0) is 4.79 Å². The normalized spacial score (nSPS) is 15.5. The molecule has 1 aliphatic rings. The minimum atomic E-state index is -0.540. The maximum atomic E-state index is 11.4. The van der Waals surface area contributed by atoms with Crippen molar-refractivity contribution in [1.82, 2.24) is 10.6 Å². The zero-order valence-corrected chi connectivity index (χ0v) is 10.7. The Morgan fingerprint density at radius 1 is 1.30 bits per heavy atom. The zero-order chi connectivity index (χ0) is 14.5. The standard InChI is InChI=1S/C14H12N2O4/c1-3-6-20-11-5-4-9(8-12(11)19-2)7-10-13(17)16-14(18)15-10/h1,4-5,7-8H,6H2,2H3,(H2,15,16,17,18)/b10-7-. The minimum Gasteiger partial charge on any atom is -0.493 e. The van der Waals surface area contributed by atoms with Crippen LogP contribution in [0.3, 0.4) is 0 Å². The third kappa shape index (κ3) is 2.90. The van der Waals surface area contributed by atoms with Crippen LogP contribution in [-0.4, -0.2) is 25.7 Å². The molecule has 1 fully saturated rings. The lowest BCUT2D eigenvalue weighted by Crippen LogP contribution is -2.22. The van der Waals surface area contributed by atoms with Crippen molar-refractivity contribution in [3.63, 3.8) is 0 Å². The maximum Gasteiger partial charge on any atom is 0.326 e. The van der Waals surface area contributed by atoms with Crippen molar-refractivity contribution < 1.29 is 19.1 Å². The molecule has 0 bridgehead atoms. The number of methoxy groups -OCH3 is 1. The average Bonchev–Trinajstić information content (AvgIpc) is 2.75. The summed E-state index contributed by atoms with van der Waals surface area (Å²) in [5.41, 5.74) is 0.858. The molecule has 1 aromatic carbocycles. The summed E-state index contributed by atoms with van der Waals surface area (Å²) in [6.07, 6.45) is 6.66. The lowest BCUT2D eigenvalue weighted by atomic mass is 10.1. The van der Waals surface area contributed by atoms with Gasteiger partial charge >= 0.3 is 6.03 Å². The van der Waals surface area contributed by atoms with E-state index in [-0.39, 0.29) is 12.3 Å². The molecule has 0 atom stereocenters. The van der Waals surface area contributed by atoms with Crippen molar-refractivity contribution in [1.29, 1.82) is 0 Å². The number of ether oxygens (including phenoxy) is 2. The van der Waals surface area contributed by atoms with E-state index in [1.807, 2.05) is 0 Å². The summed E-state index contributed by atoms with van der Waals surface area (Å²) in [6, 6.07) is 4.54. The van der Waals surface area contributed by atoms with E-state index in [1.54, 1.807) is 18.2 Å². The van der Waals surface area contributed by atoms with Crippen LogP contribution < -0.4 is 20.1 Å².